The molecule has 2 N–H and O–H groups in total. The van der Waals surface area contributed by atoms with Crippen molar-refractivity contribution in [3.8, 4) is 0 Å². The third-order valence-electron chi connectivity index (χ3n) is 4.77. The molecule has 7 heteroatoms. The first-order valence-electron chi connectivity index (χ1n) is 8.69. The number of likely N-dealkylation sites (N-methyl/N-ethyl adjacent to an activating group) is 1. The van der Waals surface area contributed by atoms with Crippen LogP contribution < -0.4 is 10.6 Å². The molecule has 130 valence electrons. The molecule has 1 aliphatic carbocycles. The standard InChI is InChI=1S/C17H26N6O/c1-13(16-21-20-15-9-5-6-11-23(15)16)19-17(24)18-10-12-22(2)14-7-3-4-8-14/h5-6,9,11,13-14H,3-4,7-8,10,12H2,1-2H3,(H2,18,19,24)/t13-/m1/s1. The summed E-state index contributed by atoms with van der Waals surface area (Å²) in [5, 5.41) is 14.1. The highest BCUT2D eigenvalue weighted by atomic mass is 16.2. The largest absolute Gasteiger partial charge is 0.337 e. The van der Waals surface area contributed by atoms with E-state index in [9.17, 15) is 4.79 Å². The second kappa shape index (κ2) is 7.61. The van der Waals surface area contributed by atoms with E-state index in [4.69, 9.17) is 0 Å². The number of nitrogens with zero attached hydrogens (tertiary/aromatic N) is 4. The van der Waals surface area contributed by atoms with Gasteiger partial charge in [0.25, 0.3) is 0 Å². The Morgan fingerprint density at radius 1 is 1.38 bits per heavy atom. The van der Waals surface area contributed by atoms with Gasteiger partial charge in [-0.05, 0) is 38.9 Å². The Labute approximate surface area is 142 Å². The molecule has 1 saturated carbocycles. The lowest BCUT2D eigenvalue weighted by atomic mass is 10.2. The second-order valence-electron chi connectivity index (χ2n) is 6.53. The van der Waals surface area contributed by atoms with E-state index in [-0.39, 0.29) is 12.1 Å². The number of aromatic nitrogens is 3. The normalized spacial score (nSPS) is 16.6. The Bertz CT molecular complexity index is 679. The lowest BCUT2D eigenvalue weighted by molar-refractivity contribution is 0.226. The molecule has 1 atom stereocenters. The van der Waals surface area contributed by atoms with Crippen molar-refractivity contribution in [1.29, 1.82) is 0 Å². The van der Waals surface area contributed by atoms with Crippen LogP contribution in [-0.2, 0) is 0 Å². The quantitative estimate of drug-likeness (QED) is 0.849. The molecule has 2 aromatic rings. The van der Waals surface area contributed by atoms with Crippen LogP contribution in [0.3, 0.4) is 0 Å². The van der Waals surface area contributed by atoms with Crippen LogP contribution in [0.5, 0.6) is 0 Å². The topological polar surface area (TPSA) is 74.6 Å². The molecule has 0 radical (unpaired) electrons. The van der Waals surface area contributed by atoms with Crippen molar-refractivity contribution in [3.63, 3.8) is 0 Å². The van der Waals surface area contributed by atoms with Gasteiger partial charge in [0.1, 0.15) is 0 Å². The molecular formula is C17H26N6O. The van der Waals surface area contributed by atoms with Crippen LogP contribution in [0.1, 0.15) is 44.5 Å². The number of nitrogens with one attached hydrogen (secondary N) is 2. The summed E-state index contributed by atoms with van der Waals surface area (Å²) in [6.45, 7) is 3.43. The zero-order valence-electron chi connectivity index (χ0n) is 14.4. The van der Waals surface area contributed by atoms with E-state index in [2.05, 4.69) is 32.8 Å². The van der Waals surface area contributed by atoms with Crippen LogP contribution in [0.4, 0.5) is 4.79 Å². The SMILES string of the molecule is C[C@@H](NC(=O)NCCN(C)C1CCCC1)c1nnc2ccccn12. The maximum atomic E-state index is 12.1. The fraction of sp³-hybridized carbons (Fsp3) is 0.588. The van der Waals surface area contributed by atoms with Crippen molar-refractivity contribution < 1.29 is 4.79 Å². The van der Waals surface area contributed by atoms with Crippen molar-refractivity contribution in [3.05, 3.63) is 30.2 Å². The number of carbonyl (C=O) groups excluding carboxylic acids is 1. The van der Waals surface area contributed by atoms with Crippen LogP contribution in [0.25, 0.3) is 5.65 Å². The van der Waals surface area contributed by atoms with E-state index < -0.39 is 0 Å². The number of rotatable bonds is 6. The second-order valence-corrected chi connectivity index (χ2v) is 6.53. The number of urea groups is 1. The summed E-state index contributed by atoms with van der Waals surface area (Å²) >= 11 is 0. The molecule has 0 aromatic carbocycles. The molecule has 3 rings (SSSR count). The zero-order valence-corrected chi connectivity index (χ0v) is 14.4. The number of carbonyl (C=O) groups is 1. The Balaban J connectivity index is 1.46. The number of pyridine rings is 1. The molecule has 1 fully saturated rings. The highest BCUT2D eigenvalue weighted by Gasteiger charge is 2.19. The lowest BCUT2D eigenvalue weighted by Crippen LogP contribution is -2.42. The number of fused-ring (bicyclic) bond motifs is 1. The van der Waals surface area contributed by atoms with Gasteiger partial charge < -0.3 is 15.5 Å². The predicted molar refractivity (Wildman–Crippen MR) is 92.8 cm³/mol. The Hall–Kier alpha value is -2.15. The van der Waals surface area contributed by atoms with Crippen LogP contribution in [0, 0.1) is 0 Å². The fourth-order valence-electron chi connectivity index (χ4n) is 3.34. The minimum absolute atomic E-state index is 0.171. The first-order valence-corrected chi connectivity index (χ1v) is 8.69. The summed E-state index contributed by atoms with van der Waals surface area (Å²) in [7, 11) is 2.14. The first-order chi connectivity index (χ1) is 11.6. The van der Waals surface area contributed by atoms with Crippen LogP contribution >= 0.6 is 0 Å². The summed E-state index contributed by atoms with van der Waals surface area (Å²) in [5.74, 6) is 0.726. The van der Waals surface area contributed by atoms with Gasteiger partial charge in [-0.25, -0.2) is 4.79 Å². The minimum atomic E-state index is -0.213. The van der Waals surface area contributed by atoms with E-state index in [1.807, 2.05) is 35.7 Å². The van der Waals surface area contributed by atoms with E-state index in [1.165, 1.54) is 25.7 Å². The molecule has 0 aliphatic heterocycles. The van der Waals surface area contributed by atoms with E-state index >= 15 is 0 Å². The molecule has 2 heterocycles. The van der Waals surface area contributed by atoms with Gasteiger partial charge in [-0.1, -0.05) is 18.9 Å². The molecular weight excluding hydrogens is 304 g/mol. The average Bonchev–Trinajstić information content (AvgIpc) is 3.24. The third kappa shape index (κ3) is 3.84. The maximum absolute atomic E-state index is 12.1. The molecule has 24 heavy (non-hydrogen) atoms. The third-order valence-corrected chi connectivity index (χ3v) is 4.77. The van der Waals surface area contributed by atoms with Gasteiger partial charge in [0.05, 0.1) is 6.04 Å². The highest BCUT2D eigenvalue weighted by Crippen LogP contribution is 2.21. The molecule has 2 amide bonds. The van der Waals surface area contributed by atoms with Gasteiger partial charge in [0, 0.05) is 25.3 Å². The molecule has 2 aromatic heterocycles. The summed E-state index contributed by atoms with van der Waals surface area (Å²) < 4.78 is 1.89. The molecule has 0 spiro atoms. The smallest absolute Gasteiger partial charge is 0.315 e. The molecule has 1 aliphatic rings. The van der Waals surface area contributed by atoms with Crippen molar-refractivity contribution in [2.45, 2.75) is 44.7 Å². The van der Waals surface area contributed by atoms with Gasteiger partial charge in [-0.15, -0.1) is 10.2 Å². The van der Waals surface area contributed by atoms with Crippen molar-refractivity contribution in [2.75, 3.05) is 20.1 Å². The summed E-state index contributed by atoms with van der Waals surface area (Å²) in [6, 6.07) is 6.02. The Morgan fingerprint density at radius 2 is 2.17 bits per heavy atom. The fourth-order valence-corrected chi connectivity index (χ4v) is 3.34. The Morgan fingerprint density at radius 3 is 2.96 bits per heavy atom. The number of hydrogen-bond donors (Lipinski definition) is 2. The lowest BCUT2D eigenvalue weighted by Gasteiger charge is -2.24. The van der Waals surface area contributed by atoms with E-state index in [1.54, 1.807) is 0 Å². The van der Waals surface area contributed by atoms with Crippen LogP contribution in [0.15, 0.2) is 24.4 Å². The molecule has 7 nitrogen and oxygen atoms in total. The number of hydrogen-bond acceptors (Lipinski definition) is 4. The Kier molecular flexibility index (Phi) is 5.30. The predicted octanol–water partition coefficient (Wildman–Crippen LogP) is 1.96. The maximum Gasteiger partial charge on any atom is 0.315 e. The minimum Gasteiger partial charge on any atom is -0.337 e. The average molecular weight is 330 g/mol. The molecule has 0 saturated heterocycles. The molecule has 0 unspecified atom stereocenters. The summed E-state index contributed by atoms with van der Waals surface area (Å²) in [4.78, 5) is 14.4. The van der Waals surface area contributed by atoms with Crippen LogP contribution in [0.2, 0.25) is 0 Å². The zero-order chi connectivity index (χ0) is 16.9. The molecule has 0 bridgehead atoms. The van der Waals surface area contributed by atoms with Gasteiger partial charge in [-0.3, -0.25) is 4.40 Å². The van der Waals surface area contributed by atoms with Gasteiger partial charge >= 0.3 is 6.03 Å². The van der Waals surface area contributed by atoms with Gasteiger partial charge in [-0.2, -0.15) is 0 Å². The van der Waals surface area contributed by atoms with E-state index in [0.29, 0.717) is 12.6 Å². The van der Waals surface area contributed by atoms with Crippen molar-refractivity contribution in [2.24, 2.45) is 0 Å². The van der Waals surface area contributed by atoms with Crippen LogP contribution in [-0.4, -0.2) is 51.7 Å². The van der Waals surface area contributed by atoms with Crippen molar-refractivity contribution in [1.82, 2.24) is 30.1 Å². The highest BCUT2D eigenvalue weighted by molar-refractivity contribution is 5.74. The first kappa shape index (κ1) is 16.7. The monoisotopic (exact) mass is 330 g/mol. The van der Waals surface area contributed by atoms with Gasteiger partial charge in [0.15, 0.2) is 11.5 Å². The van der Waals surface area contributed by atoms with Gasteiger partial charge in [0.2, 0.25) is 0 Å². The number of amides is 2. The van der Waals surface area contributed by atoms with Crippen molar-refractivity contribution >= 4 is 11.7 Å². The summed E-state index contributed by atoms with van der Waals surface area (Å²) in [5.41, 5.74) is 0.778. The van der Waals surface area contributed by atoms with E-state index in [0.717, 1.165) is 18.0 Å². The summed E-state index contributed by atoms with van der Waals surface area (Å²) in [6.07, 6.45) is 7.11.